The molecule has 5 nitrogen and oxygen atoms in total. The summed E-state index contributed by atoms with van der Waals surface area (Å²) in [4.78, 5) is 13.7. The van der Waals surface area contributed by atoms with Gasteiger partial charge in [-0.1, -0.05) is 0 Å². The first kappa shape index (κ1) is 16.0. The van der Waals surface area contributed by atoms with Gasteiger partial charge in [-0.05, 0) is 50.1 Å². The molecule has 1 aliphatic heterocycles. The molecule has 0 aliphatic carbocycles. The number of nitrogens with one attached hydrogen (secondary N) is 1. The third-order valence-corrected chi connectivity index (χ3v) is 4.68. The number of benzene rings is 1. The lowest BCUT2D eigenvalue weighted by Gasteiger charge is -2.26. The van der Waals surface area contributed by atoms with Gasteiger partial charge >= 0.3 is 5.97 Å². The van der Waals surface area contributed by atoms with Crippen molar-refractivity contribution >= 4 is 16.9 Å². The standard InChI is InChI=1S/C18H25N3O2/c1-2-21-13-15(4-3-9-20-10-7-19-8-11-20)16-12-14(18(22)23)5-6-17(16)21/h5-6,12-13,19H,2-4,7-11H2,1H3,(H,22,23). The number of fused-ring (bicyclic) bond motifs is 1. The number of rotatable bonds is 6. The van der Waals surface area contributed by atoms with Crippen LogP contribution in [0, 0.1) is 0 Å². The first-order chi connectivity index (χ1) is 11.2. The fourth-order valence-corrected chi connectivity index (χ4v) is 3.39. The van der Waals surface area contributed by atoms with E-state index in [1.165, 1.54) is 5.56 Å². The summed E-state index contributed by atoms with van der Waals surface area (Å²) in [7, 11) is 0. The van der Waals surface area contributed by atoms with Crippen LogP contribution in [0.3, 0.4) is 0 Å². The molecule has 1 saturated heterocycles. The van der Waals surface area contributed by atoms with Crippen LogP contribution in [-0.2, 0) is 13.0 Å². The van der Waals surface area contributed by atoms with E-state index >= 15 is 0 Å². The molecule has 1 aromatic heterocycles. The van der Waals surface area contributed by atoms with E-state index in [1.54, 1.807) is 6.07 Å². The molecule has 1 aromatic carbocycles. The van der Waals surface area contributed by atoms with Crippen LogP contribution in [0.2, 0.25) is 0 Å². The van der Waals surface area contributed by atoms with E-state index in [9.17, 15) is 9.90 Å². The maximum absolute atomic E-state index is 11.2. The van der Waals surface area contributed by atoms with Crippen molar-refractivity contribution in [2.24, 2.45) is 0 Å². The summed E-state index contributed by atoms with van der Waals surface area (Å²) < 4.78 is 2.21. The number of carboxylic acids is 1. The quantitative estimate of drug-likeness (QED) is 0.858. The first-order valence-electron chi connectivity index (χ1n) is 8.47. The Morgan fingerprint density at radius 1 is 1.30 bits per heavy atom. The lowest BCUT2D eigenvalue weighted by Crippen LogP contribution is -2.43. The van der Waals surface area contributed by atoms with Crippen molar-refractivity contribution in [2.45, 2.75) is 26.3 Å². The molecule has 5 heteroatoms. The average molecular weight is 315 g/mol. The van der Waals surface area contributed by atoms with Gasteiger partial charge in [-0.15, -0.1) is 0 Å². The second-order valence-corrected chi connectivity index (χ2v) is 6.17. The minimum Gasteiger partial charge on any atom is -0.478 e. The van der Waals surface area contributed by atoms with Gasteiger partial charge in [0.2, 0.25) is 0 Å². The topological polar surface area (TPSA) is 57.5 Å². The van der Waals surface area contributed by atoms with Crippen LogP contribution >= 0.6 is 0 Å². The molecule has 2 heterocycles. The molecule has 2 N–H and O–H groups in total. The van der Waals surface area contributed by atoms with Gasteiger partial charge in [0.05, 0.1) is 5.56 Å². The minimum absolute atomic E-state index is 0.370. The van der Waals surface area contributed by atoms with Crippen LogP contribution in [0.25, 0.3) is 10.9 Å². The number of carboxylic acid groups (broad SMARTS) is 1. The van der Waals surface area contributed by atoms with Crippen LogP contribution in [-0.4, -0.2) is 53.3 Å². The van der Waals surface area contributed by atoms with Gasteiger partial charge in [-0.25, -0.2) is 4.79 Å². The zero-order valence-corrected chi connectivity index (χ0v) is 13.7. The van der Waals surface area contributed by atoms with Crippen molar-refractivity contribution < 1.29 is 9.90 Å². The molecule has 1 fully saturated rings. The van der Waals surface area contributed by atoms with Gasteiger partial charge in [0.1, 0.15) is 0 Å². The largest absolute Gasteiger partial charge is 0.478 e. The average Bonchev–Trinajstić information content (AvgIpc) is 2.93. The highest BCUT2D eigenvalue weighted by Crippen LogP contribution is 2.24. The van der Waals surface area contributed by atoms with Crippen LogP contribution in [0.15, 0.2) is 24.4 Å². The third-order valence-electron chi connectivity index (χ3n) is 4.68. The van der Waals surface area contributed by atoms with E-state index < -0.39 is 5.97 Å². The fraction of sp³-hybridized carbons (Fsp3) is 0.500. The molecule has 0 unspecified atom stereocenters. The monoisotopic (exact) mass is 315 g/mol. The summed E-state index contributed by atoms with van der Waals surface area (Å²) in [5.74, 6) is -0.858. The van der Waals surface area contributed by atoms with Gasteiger partial charge in [-0.2, -0.15) is 0 Å². The minimum atomic E-state index is -0.858. The lowest BCUT2D eigenvalue weighted by atomic mass is 10.1. The van der Waals surface area contributed by atoms with Gasteiger partial charge in [0, 0.05) is 49.8 Å². The Balaban J connectivity index is 1.75. The zero-order chi connectivity index (χ0) is 16.2. The van der Waals surface area contributed by atoms with Crippen molar-refractivity contribution in [1.82, 2.24) is 14.8 Å². The van der Waals surface area contributed by atoms with Gasteiger partial charge < -0.3 is 19.9 Å². The number of aromatic nitrogens is 1. The maximum Gasteiger partial charge on any atom is 0.335 e. The Morgan fingerprint density at radius 3 is 2.78 bits per heavy atom. The zero-order valence-electron chi connectivity index (χ0n) is 13.7. The molecule has 0 spiro atoms. The Bertz CT molecular complexity index is 687. The molecule has 0 radical (unpaired) electrons. The van der Waals surface area contributed by atoms with Crippen molar-refractivity contribution in [3.63, 3.8) is 0 Å². The van der Waals surface area contributed by atoms with E-state index in [2.05, 4.69) is 27.9 Å². The predicted octanol–water partition coefficient (Wildman–Crippen LogP) is 2.20. The highest BCUT2D eigenvalue weighted by atomic mass is 16.4. The highest BCUT2D eigenvalue weighted by molar-refractivity contribution is 5.95. The molecule has 0 atom stereocenters. The SMILES string of the molecule is CCn1cc(CCCN2CCNCC2)c2cc(C(=O)O)ccc21. The third kappa shape index (κ3) is 3.57. The molecule has 0 saturated carbocycles. The first-order valence-corrected chi connectivity index (χ1v) is 8.47. The number of piperazine rings is 1. The summed E-state index contributed by atoms with van der Waals surface area (Å²) in [6.07, 6.45) is 4.30. The normalized spacial score (nSPS) is 16.0. The number of hydrogen-bond donors (Lipinski definition) is 2. The van der Waals surface area contributed by atoms with E-state index in [0.29, 0.717) is 5.56 Å². The fourth-order valence-electron chi connectivity index (χ4n) is 3.39. The summed E-state index contributed by atoms with van der Waals surface area (Å²) in [5, 5.41) is 13.7. The van der Waals surface area contributed by atoms with Crippen molar-refractivity contribution in [3.05, 3.63) is 35.5 Å². The molecule has 2 aromatic rings. The number of aromatic carboxylic acids is 1. The maximum atomic E-state index is 11.2. The van der Waals surface area contributed by atoms with E-state index in [4.69, 9.17) is 0 Å². The van der Waals surface area contributed by atoms with Crippen molar-refractivity contribution in [1.29, 1.82) is 0 Å². The summed E-state index contributed by atoms with van der Waals surface area (Å²) in [5.41, 5.74) is 2.77. The lowest BCUT2D eigenvalue weighted by molar-refractivity contribution is 0.0697. The molecule has 3 rings (SSSR count). The van der Waals surface area contributed by atoms with Gasteiger partial charge in [0.25, 0.3) is 0 Å². The van der Waals surface area contributed by atoms with Crippen LogP contribution in [0.4, 0.5) is 0 Å². The van der Waals surface area contributed by atoms with Gasteiger partial charge in [0.15, 0.2) is 0 Å². The Morgan fingerprint density at radius 2 is 2.09 bits per heavy atom. The van der Waals surface area contributed by atoms with E-state index in [1.807, 2.05) is 12.1 Å². The Hall–Kier alpha value is -1.85. The second kappa shape index (κ2) is 7.15. The molecular weight excluding hydrogens is 290 g/mol. The molecule has 0 amide bonds. The molecule has 1 aliphatic rings. The van der Waals surface area contributed by atoms with Crippen LogP contribution in [0.5, 0.6) is 0 Å². The predicted molar refractivity (Wildman–Crippen MR) is 92.2 cm³/mol. The van der Waals surface area contributed by atoms with E-state index in [-0.39, 0.29) is 0 Å². The van der Waals surface area contributed by atoms with Crippen molar-refractivity contribution in [3.8, 4) is 0 Å². The molecular formula is C18H25N3O2. The van der Waals surface area contributed by atoms with Crippen molar-refractivity contribution in [2.75, 3.05) is 32.7 Å². The number of carbonyl (C=O) groups is 1. The van der Waals surface area contributed by atoms with Crippen LogP contribution in [0.1, 0.15) is 29.3 Å². The van der Waals surface area contributed by atoms with Crippen LogP contribution < -0.4 is 5.32 Å². The summed E-state index contributed by atoms with van der Waals surface area (Å²) in [6.45, 7) is 8.54. The van der Waals surface area contributed by atoms with Gasteiger partial charge in [-0.3, -0.25) is 0 Å². The number of nitrogens with zero attached hydrogens (tertiary/aromatic N) is 2. The van der Waals surface area contributed by atoms with E-state index in [0.717, 1.165) is 63.0 Å². The smallest absolute Gasteiger partial charge is 0.335 e. The second-order valence-electron chi connectivity index (χ2n) is 6.17. The molecule has 124 valence electrons. The Kier molecular flexibility index (Phi) is 4.98. The highest BCUT2D eigenvalue weighted by Gasteiger charge is 2.13. The summed E-state index contributed by atoms with van der Waals surface area (Å²) >= 11 is 0. The summed E-state index contributed by atoms with van der Waals surface area (Å²) in [6, 6.07) is 5.45. The molecule has 23 heavy (non-hydrogen) atoms. The molecule has 0 bridgehead atoms. The number of hydrogen-bond acceptors (Lipinski definition) is 3. The Labute approximate surface area is 136 Å². The number of aryl methyl sites for hydroxylation is 2.